The van der Waals surface area contributed by atoms with Crippen LogP contribution < -0.4 is 0 Å². The number of rotatable bonds is 3. The summed E-state index contributed by atoms with van der Waals surface area (Å²) >= 11 is 0. The van der Waals surface area contributed by atoms with Gasteiger partial charge in [-0.1, -0.05) is 36.4 Å². The largest absolute Gasteiger partial charge is 0.236 e. The molecule has 3 heteroatoms. The Morgan fingerprint density at radius 1 is 0.933 bits per heavy atom. The summed E-state index contributed by atoms with van der Waals surface area (Å²) in [5, 5.41) is 8.09. The summed E-state index contributed by atoms with van der Waals surface area (Å²) in [6, 6.07) is 15.6. The first kappa shape index (κ1) is 9.52. The SMILES string of the molecule is c1ccc(CN=Nc2ccccn2)cc1. The number of aromatic nitrogens is 1. The molecule has 0 fully saturated rings. The highest BCUT2D eigenvalue weighted by Crippen LogP contribution is 2.07. The van der Waals surface area contributed by atoms with Gasteiger partial charge in [0, 0.05) is 6.20 Å². The number of nitrogens with zero attached hydrogens (tertiary/aromatic N) is 3. The normalized spacial score (nSPS) is 10.7. The van der Waals surface area contributed by atoms with Crippen LogP contribution in [0.4, 0.5) is 5.82 Å². The quantitative estimate of drug-likeness (QED) is 0.695. The molecule has 2 aromatic rings. The van der Waals surface area contributed by atoms with Crippen LogP contribution in [-0.4, -0.2) is 4.98 Å². The maximum Gasteiger partial charge on any atom is 0.173 e. The van der Waals surface area contributed by atoms with Gasteiger partial charge in [0.05, 0.1) is 6.54 Å². The highest BCUT2D eigenvalue weighted by Gasteiger charge is 1.89. The molecule has 0 saturated heterocycles. The molecule has 0 aliphatic carbocycles. The summed E-state index contributed by atoms with van der Waals surface area (Å²) in [6.07, 6.45) is 1.71. The van der Waals surface area contributed by atoms with E-state index < -0.39 is 0 Å². The fraction of sp³-hybridized carbons (Fsp3) is 0.0833. The van der Waals surface area contributed by atoms with Crippen LogP contribution >= 0.6 is 0 Å². The van der Waals surface area contributed by atoms with Crippen LogP contribution in [-0.2, 0) is 6.54 Å². The van der Waals surface area contributed by atoms with E-state index in [4.69, 9.17) is 0 Å². The molecule has 0 bridgehead atoms. The third-order valence-electron chi connectivity index (χ3n) is 1.92. The van der Waals surface area contributed by atoms with Crippen molar-refractivity contribution in [3.05, 3.63) is 60.3 Å². The number of hydrogen-bond acceptors (Lipinski definition) is 3. The van der Waals surface area contributed by atoms with E-state index >= 15 is 0 Å². The molecule has 74 valence electrons. The Morgan fingerprint density at radius 2 is 1.73 bits per heavy atom. The molecular weight excluding hydrogens is 186 g/mol. The standard InChI is InChI=1S/C12H11N3/c1-2-6-11(7-3-1)10-14-15-12-8-4-5-9-13-12/h1-9H,10H2. The summed E-state index contributed by atoms with van der Waals surface area (Å²) in [5.74, 6) is 0.647. The van der Waals surface area contributed by atoms with Crippen molar-refractivity contribution in [3.8, 4) is 0 Å². The predicted octanol–water partition coefficient (Wildman–Crippen LogP) is 3.37. The van der Waals surface area contributed by atoms with Gasteiger partial charge in [-0.05, 0) is 17.7 Å². The Labute approximate surface area is 88.5 Å². The lowest BCUT2D eigenvalue weighted by atomic mass is 10.2. The van der Waals surface area contributed by atoms with E-state index in [2.05, 4.69) is 15.2 Å². The van der Waals surface area contributed by atoms with Crippen LogP contribution in [0.15, 0.2) is 65.0 Å². The van der Waals surface area contributed by atoms with Crippen molar-refractivity contribution in [1.29, 1.82) is 0 Å². The second kappa shape index (κ2) is 5.00. The highest BCUT2D eigenvalue weighted by molar-refractivity contribution is 5.24. The molecule has 15 heavy (non-hydrogen) atoms. The van der Waals surface area contributed by atoms with Crippen LogP contribution in [0, 0.1) is 0 Å². The van der Waals surface area contributed by atoms with E-state index in [1.165, 1.54) is 0 Å². The van der Waals surface area contributed by atoms with E-state index in [0.29, 0.717) is 12.4 Å². The molecule has 0 spiro atoms. The van der Waals surface area contributed by atoms with Crippen LogP contribution in [0.5, 0.6) is 0 Å². The van der Waals surface area contributed by atoms with Crippen molar-refractivity contribution in [1.82, 2.24) is 4.98 Å². The van der Waals surface area contributed by atoms with Gasteiger partial charge < -0.3 is 0 Å². The van der Waals surface area contributed by atoms with Crippen molar-refractivity contribution in [2.24, 2.45) is 10.2 Å². The van der Waals surface area contributed by atoms with Crippen LogP contribution in [0.3, 0.4) is 0 Å². The van der Waals surface area contributed by atoms with E-state index in [1.807, 2.05) is 48.5 Å². The van der Waals surface area contributed by atoms with Crippen molar-refractivity contribution in [2.45, 2.75) is 6.54 Å². The molecule has 1 aromatic heterocycles. The highest BCUT2D eigenvalue weighted by atomic mass is 15.1. The Hall–Kier alpha value is -2.03. The number of benzene rings is 1. The lowest BCUT2D eigenvalue weighted by molar-refractivity contribution is 0.946. The van der Waals surface area contributed by atoms with Gasteiger partial charge >= 0.3 is 0 Å². The molecule has 0 saturated carbocycles. The number of azo groups is 1. The van der Waals surface area contributed by atoms with Crippen LogP contribution in [0.25, 0.3) is 0 Å². The van der Waals surface area contributed by atoms with Gasteiger partial charge in [0.15, 0.2) is 5.82 Å². The van der Waals surface area contributed by atoms with E-state index in [1.54, 1.807) is 6.20 Å². The summed E-state index contributed by atoms with van der Waals surface area (Å²) in [4.78, 5) is 4.05. The fourth-order valence-corrected chi connectivity index (χ4v) is 1.19. The topological polar surface area (TPSA) is 37.6 Å². The van der Waals surface area contributed by atoms with E-state index in [-0.39, 0.29) is 0 Å². The minimum Gasteiger partial charge on any atom is -0.236 e. The lowest BCUT2D eigenvalue weighted by Gasteiger charge is -1.93. The Balaban J connectivity index is 1.97. The van der Waals surface area contributed by atoms with Gasteiger partial charge in [0.25, 0.3) is 0 Å². The van der Waals surface area contributed by atoms with Crippen LogP contribution in [0.1, 0.15) is 5.56 Å². The van der Waals surface area contributed by atoms with Gasteiger partial charge in [0.1, 0.15) is 0 Å². The minimum atomic E-state index is 0.595. The molecule has 0 aliphatic rings. The molecular formula is C12H11N3. The number of pyridine rings is 1. The third-order valence-corrected chi connectivity index (χ3v) is 1.92. The molecule has 3 nitrogen and oxygen atoms in total. The Bertz CT molecular complexity index is 423. The summed E-state index contributed by atoms with van der Waals surface area (Å²) < 4.78 is 0. The minimum absolute atomic E-state index is 0.595. The second-order valence-electron chi connectivity index (χ2n) is 3.07. The zero-order valence-electron chi connectivity index (χ0n) is 8.24. The molecule has 0 N–H and O–H groups in total. The van der Waals surface area contributed by atoms with Crippen molar-refractivity contribution >= 4 is 5.82 Å². The average molecular weight is 197 g/mol. The monoisotopic (exact) mass is 197 g/mol. The van der Waals surface area contributed by atoms with Gasteiger partial charge in [-0.3, -0.25) is 0 Å². The molecule has 0 unspecified atom stereocenters. The maximum atomic E-state index is 4.07. The zero-order valence-corrected chi connectivity index (χ0v) is 8.24. The van der Waals surface area contributed by atoms with Gasteiger partial charge in [-0.15, -0.1) is 5.11 Å². The molecule has 1 aromatic carbocycles. The van der Waals surface area contributed by atoms with Crippen LogP contribution in [0.2, 0.25) is 0 Å². The fourth-order valence-electron chi connectivity index (χ4n) is 1.19. The summed E-state index contributed by atoms with van der Waals surface area (Å²) in [6.45, 7) is 0.595. The van der Waals surface area contributed by atoms with Gasteiger partial charge in [-0.2, -0.15) is 5.11 Å². The van der Waals surface area contributed by atoms with Gasteiger partial charge in [0.2, 0.25) is 0 Å². The first-order valence-corrected chi connectivity index (χ1v) is 4.77. The van der Waals surface area contributed by atoms with Crippen molar-refractivity contribution in [2.75, 3.05) is 0 Å². The smallest absolute Gasteiger partial charge is 0.173 e. The lowest BCUT2D eigenvalue weighted by Crippen LogP contribution is -1.78. The van der Waals surface area contributed by atoms with Crippen molar-refractivity contribution in [3.63, 3.8) is 0 Å². The Kier molecular flexibility index (Phi) is 3.18. The Morgan fingerprint density at radius 3 is 2.47 bits per heavy atom. The maximum absolute atomic E-state index is 4.07. The predicted molar refractivity (Wildman–Crippen MR) is 58.9 cm³/mol. The summed E-state index contributed by atoms with van der Waals surface area (Å²) in [7, 11) is 0. The average Bonchev–Trinajstić information content (AvgIpc) is 2.32. The third kappa shape index (κ3) is 2.98. The molecule has 2 rings (SSSR count). The van der Waals surface area contributed by atoms with E-state index in [0.717, 1.165) is 5.56 Å². The van der Waals surface area contributed by atoms with E-state index in [9.17, 15) is 0 Å². The van der Waals surface area contributed by atoms with Gasteiger partial charge in [-0.25, -0.2) is 4.98 Å². The first-order chi connectivity index (χ1) is 7.45. The molecule has 0 atom stereocenters. The summed E-state index contributed by atoms with van der Waals surface area (Å²) in [5.41, 5.74) is 1.15. The first-order valence-electron chi connectivity index (χ1n) is 4.77. The second-order valence-corrected chi connectivity index (χ2v) is 3.07. The molecule has 0 amide bonds. The number of hydrogen-bond donors (Lipinski definition) is 0. The zero-order chi connectivity index (χ0) is 10.3. The van der Waals surface area contributed by atoms with Crippen molar-refractivity contribution < 1.29 is 0 Å². The molecule has 0 radical (unpaired) electrons. The molecule has 0 aliphatic heterocycles. The molecule has 1 heterocycles.